The van der Waals surface area contributed by atoms with Gasteiger partial charge in [-0.05, 0) is 36.6 Å². The number of thiazole rings is 1. The molecule has 1 amide bonds. The summed E-state index contributed by atoms with van der Waals surface area (Å²) in [4.78, 5) is 19.7. The second-order valence-corrected chi connectivity index (χ2v) is 7.99. The zero-order chi connectivity index (χ0) is 20.2. The van der Waals surface area contributed by atoms with Crippen molar-refractivity contribution in [1.29, 1.82) is 0 Å². The predicted molar refractivity (Wildman–Crippen MR) is 114 cm³/mol. The van der Waals surface area contributed by atoms with Gasteiger partial charge in [-0.2, -0.15) is 0 Å². The van der Waals surface area contributed by atoms with Gasteiger partial charge in [0.25, 0.3) is 0 Å². The number of hydrogen-bond acceptors (Lipinski definition) is 5. The highest BCUT2D eigenvalue weighted by Crippen LogP contribution is 2.34. The number of carbonyl (C=O) groups is 1. The summed E-state index contributed by atoms with van der Waals surface area (Å²) in [7, 11) is 3.23. The molecule has 6 heteroatoms. The van der Waals surface area contributed by atoms with Crippen LogP contribution in [-0.2, 0) is 17.8 Å². The van der Waals surface area contributed by atoms with E-state index in [1.807, 2.05) is 46.7 Å². The van der Waals surface area contributed by atoms with Gasteiger partial charge in [0.2, 0.25) is 5.91 Å². The summed E-state index contributed by atoms with van der Waals surface area (Å²) >= 11 is 1.54. The number of carbonyl (C=O) groups excluding carboxylic acids is 1. The number of methoxy groups -OCH3 is 2. The molecule has 29 heavy (non-hydrogen) atoms. The maximum atomic E-state index is 13.0. The van der Waals surface area contributed by atoms with Crippen LogP contribution in [0.1, 0.15) is 24.1 Å². The van der Waals surface area contributed by atoms with E-state index in [0.717, 1.165) is 34.7 Å². The molecule has 4 rings (SSSR count). The minimum absolute atomic E-state index is 0.139. The molecule has 2 aromatic carbocycles. The largest absolute Gasteiger partial charge is 0.493 e. The van der Waals surface area contributed by atoms with Crippen LogP contribution >= 0.6 is 11.3 Å². The number of hydrogen-bond donors (Lipinski definition) is 0. The Morgan fingerprint density at radius 1 is 1.10 bits per heavy atom. The van der Waals surface area contributed by atoms with Gasteiger partial charge in [-0.1, -0.05) is 30.3 Å². The van der Waals surface area contributed by atoms with Crippen LogP contribution in [-0.4, -0.2) is 36.1 Å². The van der Waals surface area contributed by atoms with Crippen molar-refractivity contribution in [3.63, 3.8) is 0 Å². The lowest BCUT2D eigenvalue weighted by molar-refractivity contribution is -0.131. The first-order chi connectivity index (χ1) is 14.2. The average molecular weight is 409 g/mol. The van der Waals surface area contributed by atoms with Gasteiger partial charge < -0.3 is 14.4 Å². The minimum atomic E-state index is 0.139. The van der Waals surface area contributed by atoms with E-state index in [-0.39, 0.29) is 5.91 Å². The van der Waals surface area contributed by atoms with Crippen LogP contribution in [0.4, 0.5) is 0 Å². The maximum Gasteiger partial charge on any atom is 0.229 e. The molecule has 0 unspecified atom stereocenters. The van der Waals surface area contributed by atoms with E-state index >= 15 is 0 Å². The van der Waals surface area contributed by atoms with Gasteiger partial charge in [-0.3, -0.25) is 4.79 Å². The molecule has 0 N–H and O–H groups in total. The molecule has 0 spiro atoms. The molecule has 0 atom stereocenters. The summed E-state index contributed by atoms with van der Waals surface area (Å²) in [6.07, 6.45) is 2.51. The highest BCUT2D eigenvalue weighted by atomic mass is 32.1. The summed E-state index contributed by atoms with van der Waals surface area (Å²) in [5, 5.41) is 2.84. The number of nitrogens with zero attached hydrogens (tertiary/aromatic N) is 2. The highest BCUT2D eigenvalue weighted by Gasteiger charge is 2.32. The summed E-state index contributed by atoms with van der Waals surface area (Å²) in [6.45, 7) is 0.664. The molecule has 1 aliphatic rings. The van der Waals surface area contributed by atoms with Crippen LogP contribution in [0.15, 0.2) is 53.9 Å². The standard InChI is InChI=1S/C23H24N2O3S/c1-27-20-11-8-17(12-21(20)28-2)23-24-18(15-29-23)13-22(26)25(19-9-10-19)14-16-6-4-3-5-7-16/h3-8,11-12,15,19H,9-10,13-14H2,1-2H3. The zero-order valence-electron chi connectivity index (χ0n) is 16.6. The molecule has 0 aliphatic heterocycles. The second kappa shape index (κ2) is 8.66. The van der Waals surface area contributed by atoms with Crippen molar-refractivity contribution in [3.8, 4) is 22.1 Å². The number of amides is 1. The molecule has 1 aliphatic carbocycles. The van der Waals surface area contributed by atoms with E-state index in [0.29, 0.717) is 30.5 Å². The van der Waals surface area contributed by atoms with E-state index < -0.39 is 0 Å². The summed E-state index contributed by atoms with van der Waals surface area (Å²) in [5.74, 6) is 1.49. The van der Waals surface area contributed by atoms with Gasteiger partial charge in [0.1, 0.15) is 5.01 Å². The zero-order valence-corrected chi connectivity index (χ0v) is 17.4. The van der Waals surface area contributed by atoms with Gasteiger partial charge in [-0.15, -0.1) is 11.3 Å². The third-order valence-electron chi connectivity index (χ3n) is 5.02. The number of rotatable bonds is 8. The van der Waals surface area contributed by atoms with Crippen molar-refractivity contribution in [2.75, 3.05) is 14.2 Å². The summed E-state index contributed by atoms with van der Waals surface area (Å²) < 4.78 is 10.7. The Labute approximate surface area is 174 Å². The predicted octanol–water partition coefficient (Wildman–Crippen LogP) is 4.56. The van der Waals surface area contributed by atoms with Crippen LogP contribution in [0.2, 0.25) is 0 Å². The van der Waals surface area contributed by atoms with Crippen LogP contribution in [0.25, 0.3) is 10.6 Å². The van der Waals surface area contributed by atoms with Crippen LogP contribution in [0, 0.1) is 0 Å². The number of ether oxygens (including phenoxy) is 2. The molecule has 0 bridgehead atoms. The first-order valence-electron chi connectivity index (χ1n) is 9.68. The van der Waals surface area contributed by atoms with Crippen molar-refractivity contribution in [2.45, 2.75) is 31.8 Å². The lowest BCUT2D eigenvalue weighted by atomic mass is 10.2. The molecule has 1 aromatic heterocycles. The van der Waals surface area contributed by atoms with Gasteiger partial charge >= 0.3 is 0 Å². The average Bonchev–Trinajstić information content (AvgIpc) is 3.50. The van der Waals surface area contributed by atoms with Crippen molar-refractivity contribution < 1.29 is 14.3 Å². The van der Waals surface area contributed by atoms with E-state index in [4.69, 9.17) is 14.5 Å². The van der Waals surface area contributed by atoms with Gasteiger partial charge in [-0.25, -0.2) is 4.98 Å². The lowest BCUT2D eigenvalue weighted by Crippen LogP contribution is -2.33. The smallest absolute Gasteiger partial charge is 0.229 e. The Balaban J connectivity index is 1.47. The van der Waals surface area contributed by atoms with Crippen molar-refractivity contribution >= 4 is 17.2 Å². The number of aromatic nitrogens is 1. The lowest BCUT2D eigenvalue weighted by Gasteiger charge is -2.22. The van der Waals surface area contributed by atoms with Crippen molar-refractivity contribution in [2.24, 2.45) is 0 Å². The summed E-state index contributed by atoms with van der Waals surface area (Å²) in [5.41, 5.74) is 2.93. The molecular weight excluding hydrogens is 384 g/mol. The molecule has 5 nitrogen and oxygen atoms in total. The molecule has 1 heterocycles. The quantitative estimate of drug-likeness (QED) is 0.548. The van der Waals surface area contributed by atoms with E-state index in [9.17, 15) is 4.79 Å². The maximum absolute atomic E-state index is 13.0. The normalized spacial score (nSPS) is 13.2. The first kappa shape index (κ1) is 19.5. The molecule has 150 valence electrons. The van der Waals surface area contributed by atoms with Crippen molar-refractivity contribution in [1.82, 2.24) is 9.88 Å². The van der Waals surface area contributed by atoms with E-state index in [1.165, 1.54) is 11.3 Å². The van der Waals surface area contributed by atoms with Gasteiger partial charge in [0.05, 0.1) is 26.3 Å². The Bertz CT molecular complexity index is 983. The van der Waals surface area contributed by atoms with E-state index in [2.05, 4.69) is 12.1 Å². The molecular formula is C23H24N2O3S. The van der Waals surface area contributed by atoms with Gasteiger partial charge in [0, 0.05) is 23.5 Å². The summed E-state index contributed by atoms with van der Waals surface area (Å²) in [6, 6.07) is 16.3. The fraction of sp³-hybridized carbons (Fsp3) is 0.304. The van der Waals surface area contributed by atoms with Crippen LogP contribution in [0.3, 0.4) is 0 Å². The van der Waals surface area contributed by atoms with Crippen LogP contribution < -0.4 is 9.47 Å². The van der Waals surface area contributed by atoms with Crippen molar-refractivity contribution in [3.05, 3.63) is 65.2 Å². The Hall–Kier alpha value is -2.86. The third-order valence-corrected chi connectivity index (χ3v) is 5.96. The highest BCUT2D eigenvalue weighted by molar-refractivity contribution is 7.13. The first-order valence-corrected chi connectivity index (χ1v) is 10.6. The second-order valence-electron chi connectivity index (χ2n) is 7.13. The molecule has 0 saturated heterocycles. The molecule has 1 fully saturated rings. The fourth-order valence-electron chi connectivity index (χ4n) is 3.33. The minimum Gasteiger partial charge on any atom is -0.493 e. The van der Waals surface area contributed by atoms with Gasteiger partial charge in [0.15, 0.2) is 11.5 Å². The Morgan fingerprint density at radius 3 is 2.55 bits per heavy atom. The molecule has 3 aromatic rings. The molecule has 1 saturated carbocycles. The third kappa shape index (κ3) is 4.59. The van der Waals surface area contributed by atoms with Crippen LogP contribution in [0.5, 0.6) is 11.5 Å². The Morgan fingerprint density at radius 2 is 1.86 bits per heavy atom. The Kier molecular flexibility index (Phi) is 5.81. The van der Waals surface area contributed by atoms with E-state index in [1.54, 1.807) is 14.2 Å². The molecule has 0 radical (unpaired) electrons. The number of benzene rings is 2. The monoisotopic (exact) mass is 408 g/mol. The SMILES string of the molecule is COc1ccc(-c2nc(CC(=O)N(Cc3ccccc3)C3CC3)cs2)cc1OC. The fourth-order valence-corrected chi connectivity index (χ4v) is 4.15. The topological polar surface area (TPSA) is 51.7 Å².